The second kappa shape index (κ2) is 4.30. The summed E-state index contributed by atoms with van der Waals surface area (Å²) in [5.41, 5.74) is -0.0692. The number of carbonyl (C=O) groups is 1. The third-order valence-corrected chi connectivity index (χ3v) is 2.36. The number of aromatic hydroxyl groups is 3. The molecule has 16 heavy (non-hydrogen) atoms. The molecule has 1 aromatic rings. The van der Waals surface area contributed by atoms with E-state index in [1.165, 1.54) is 0 Å². The number of carboxylic acids is 1. The maximum Gasteiger partial charge on any atom is 0.311 e. The van der Waals surface area contributed by atoms with Gasteiger partial charge in [-0.05, 0) is 5.92 Å². The van der Waals surface area contributed by atoms with E-state index in [2.05, 4.69) is 0 Å². The number of phenolic OH excluding ortho intramolecular Hbond substituents is 3. The third kappa shape index (κ3) is 2.18. The lowest BCUT2D eigenvalue weighted by Crippen LogP contribution is -2.17. The summed E-state index contributed by atoms with van der Waals surface area (Å²) in [6, 6.07) is 2.01. The van der Waals surface area contributed by atoms with E-state index in [0.29, 0.717) is 0 Å². The lowest BCUT2D eigenvalue weighted by molar-refractivity contribution is -0.140. The van der Waals surface area contributed by atoms with Gasteiger partial charge in [0.2, 0.25) is 0 Å². The van der Waals surface area contributed by atoms with Gasteiger partial charge in [-0.2, -0.15) is 0 Å². The number of aliphatic carboxylic acids is 1. The zero-order valence-corrected chi connectivity index (χ0v) is 9.01. The van der Waals surface area contributed by atoms with Crippen LogP contribution in [0.25, 0.3) is 0 Å². The van der Waals surface area contributed by atoms with E-state index in [1.54, 1.807) is 13.8 Å². The Hall–Kier alpha value is -1.91. The molecular formula is C11H14O5. The largest absolute Gasteiger partial charge is 0.508 e. The zero-order valence-electron chi connectivity index (χ0n) is 9.01. The predicted molar refractivity (Wildman–Crippen MR) is 56.7 cm³/mol. The molecule has 0 saturated heterocycles. The molecule has 88 valence electrons. The van der Waals surface area contributed by atoms with Crippen LogP contribution in [0.1, 0.15) is 25.3 Å². The first-order valence-electron chi connectivity index (χ1n) is 4.82. The Balaban J connectivity index is 3.35. The highest BCUT2D eigenvalue weighted by Crippen LogP contribution is 2.40. The van der Waals surface area contributed by atoms with Crippen molar-refractivity contribution < 1.29 is 25.2 Å². The molecule has 4 N–H and O–H groups in total. The quantitative estimate of drug-likeness (QED) is 0.628. The molecule has 0 aromatic heterocycles. The van der Waals surface area contributed by atoms with Crippen LogP contribution in [0.3, 0.4) is 0 Å². The molecule has 0 radical (unpaired) electrons. The van der Waals surface area contributed by atoms with Gasteiger partial charge in [-0.15, -0.1) is 0 Å². The lowest BCUT2D eigenvalue weighted by Gasteiger charge is -2.19. The molecule has 0 heterocycles. The number of hydrogen-bond acceptors (Lipinski definition) is 4. The number of carboxylic acid groups (broad SMARTS) is 1. The fourth-order valence-electron chi connectivity index (χ4n) is 1.67. The molecule has 0 saturated carbocycles. The summed E-state index contributed by atoms with van der Waals surface area (Å²) in [7, 11) is 0. The average molecular weight is 226 g/mol. The monoisotopic (exact) mass is 226 g/mol. The van der Waals surface area contributed by atoms with Crippen LogP contribution in [0, 0.1) is 5.92 Å². The molecule has 0 spiro atoms. The van der Waals surface area contributed by atoms with Gasteiger partial charge in [0.1, 0.15) is 17.2 Å². The average Bonchev–Trinajstić information content (AvgIpc) is 2.09. The Kier molecular flexibility index (Phi) is 3.27. The van der Waals surface area contributed by atoms with E-state index in [1.807, 2.05) is 0 Å². The summed E-state index contributed by atoms with van der Waals surface area (Å²) in [5.74, 6) is -3.59. The Bertz CT molecular complexity index is 388. The Morgan fingerprint density at radius 2 is 1.56 bits per heavy atom. The van der Waals surface area contributed by atoms with Crippen molar-refractivity contribution in [3.8, 4) is 17.2 Å². The highest BCUT2D eigenvalue weighted by Gasteiger charge is 2.29. The molecule has 0 aliphatic carbocycles. The molecular weight excluding hydrogens is 212 g/mol. The molecule has 5 heteroatoms. The van der Waals surface area contributed by atoms with Crippen molar-refractivity contribution in [2.75, 3.05) is 0 Å². The second-order valence-corrected chi connectivity index (χ2v) is 3.96. The molecule has 1 rings (SSSR count). The van der Waals surface area contributed by atoms with E-state index in [0.717, 1.165) is 12.1 Å². The molecule has 0 amide bonds. The van der Waals surface area contributed by atoms with Crippen LogP contribution in [-0.2, 0) is 4.79 Å². The van der Waals surface area contributed by atoms with Crippen molar-refractivity contribution in [2.24, 2.45) is 5.92 Å². The topological polar surface area (TPSA) is 98.0 Å². The molecule has 1 atom stereocenters. The van der Waals surface area contributed by atoms with Gasteiger partial charge < -0.3 is 20.4 Å². The van der Waals surface area contributed by atoms with Crippen molar-refractivity contribution >= 4 is 5.97 Å². The number of benzene rings is 1. The Morgan fingerprint density at radius 3 is 1.88 bits per heavy atom. The first-order chi connectivity index (χ1) is 7.34. The molecule has 0 fully saturated rings. The van der Waals surface area contributed by atoms with Crippen LogP contribution in [0.2, 0.25) is 0 Å². The SMILES string of the molecule is CC(C)C(C(=O)O)c1c(O)cc(O)cc1O. The van der Waals surface area contributed by atoms with Crippen molar-refractivity contribution in [2.45, 2.75) is 19.8 Å². The van der Waals surface area contributed by atoms with Gasteiger partial charge in [-0.1, -0.05) is 13.8 Å². The van der Waals surface area contributed by atoms with E-state index >= 15 is 0 Å². The van der Waals surface area contributed by atoms with Gasteiger partial charge in [-0.3, -0.25) is 4.79 Å². The smallest absolute Gasteiger partial charge is 0.311 e. The summed E-state index contributed by atoms with van der Waals surface area (Å²) in [4.78, 5) is 11.0. The minimum absolute atomic E-state index is 0.0692. The predicted octanol–water partition coefficient (Wildman–Crippen LogP) is 1.63. The maximum atomic E-state index is 11.0. The van der Waals surface area contributed by atoms with Crippen molar-refractivity contribution in [1.82, 2.24) is 0 Å². The van der Waals surface area contributed by atoms with Crippen LogP contribution in [0.5, 0.6) is 17.2 Å². The molecule has 0 bridgehead atoms. The first kappa shape index (κ1) is 12.2. The minimum atomic E-state index is -1.13. The summed E-state index contributed by atoms with van der Waals surface area (Å²) in [5, 5.41) is 37.3. The van der Waals surface area contributed by atoms with Gasteiger partial charge in [0.15, 0.2) is 0 Å². The van der Waals surface area contributed by atoms with Crippen LogP contribution < -0.4 is 0 Å². The molecule has 0 aliphatic heterocycles. The Labute approximate surface area is 92.6 Å². The van der Waals surface area contributed by atoms with Crippen LogP contribution in [0.15, 0.2) is 12.1 Å². The number of phenols is 3. The van der Waals surface area contributed by atoms with Gasteiger partial charge in [0.05, 0.1) is 11.5 Å². The van der Waals surface area contributed by atoms with Gasteiger partial charge in [0, 0.05) is 12.1 Å². The molecule has 5 nitrogen and oxygen atoms in total. The van der Waals surface area contributed by atoms with Gasteiger partial charge in [-0.25, -0.2) is 0 Å². The van der Waals surface area contributed by atoms with Gasteiger partial charge in [0.25, 0.3) is 0 Å². The standard InChI is InChI=1S/C11H14O5/c1-5(2)9(11(15)16)10-7(13)3-6(12)4-8(10)14/h3-5,9,12-14H,1-2H3,(H,15,16). The van der Waals surface area contributed by atoms with Gasteiger partial charge >= 0.3 is 5.97 Å². The minimum Gasteiger partial charge on any atom is -0.508 e. The maximum absolute atomic E-state index is 11.0. The highest BCUT2D eigenvalue weighted by atomic mass is 16.4. The fraction of sp³-hybridized carbons (Fsp3) is 0.364. The summed E-state index contributed by atoms with van der Waals surface area (Å²) in [6.07, 6.45) is 0. The summed E-state index contributed by atoms with van der Waals surface area (Å²) < 4.78 is 0. The third-order valence-electron chi connectivity index (χ3n) is 2.36. The second-order valence-electron chi connectivity index (χ2n) is 3.96. The molecule has 1 aromatic carbocycles. The number of rotatable bonds is 3. The first-order valence-corrected chi connectivity index (χ1v) is 4.82. The van der Waals surface area contributed by atoms with E-state index in [9.17, 15) is 15.0 Å². The highest BCUT2D eigenvalue weighted by molar-refractivity contribution is 5.79. The van der Waals surface area contributed by atoms with E-state index in [4.69, 9.17) is 10.2 Å². The summed E-state index contributed by atoms with van der Waals surface area (Å²) >= 11 is 0. The Morgan fingerprint density at radius 1 is 1.12 bits per heavy atom. The van der Waals surface area contributed by atoms with Crippen molar-refractivity contribution in [3.63, 3.8) is 0 Å². The van der Waals surface area contributed by atoms with Crippen LogP contribution in [-0.4, -0.2) is 26.4 Å². The zero-order chi connectivity index (χ0) is 12.5. The van der Waals surface area contributed by atoms with Crippen LogP contribution in [0.4, 0.5) is 0 Å². The molecule has 1 unspecified atom stereocenters. The molecule has 0 aliphatic rings. The van der Waals surface area contributed by atoms with Crippen LogP contribution >= 0.6 is 0 Å². The van der Waals surface area contributed by atoms with E-state index in [-0.39, 0.29) is 17.2 Å². The van der Waals surface area contributed by atoms with Crippen molar-refractivity contribution in [3.05, 3.63) is 17.7 Å². The fourth-order valence-corrected chi connectivity index (χ4v) is 1.67. The lowest BCUT2D eigenvalue weighted by atomic mass is 9.87. The van der Waals surface area contributed by atoms with Crippen molar-refractivity contribution in [1.29, 1.82) is 0 Å². The normalized spacial score (nSPS) is 12.7. The summed E-state index contributed by atoms with van der Waals surface area (Å²) in [6.45, 7) is 3.34. The van der Waals surface area contributed by atoms with E-state index < -0.39 is 23.4 Å². The number of hydrogen-bond donors (Lipinski definition) is 4.